The van der Waals surface area contributed by atoms with Crippen LogP contribution in [-0.4, -0.2) is 16.3 Å². The Labute approximate surface area is 112 Å². The molecular weight excluding hydrogens is 241 g/mol. The van der Waals surface area contributed by atoms with Crippen LogP contribution in [0.5, 0.6) is 0 Å². The molecule has 19 heavy (non-hydrogen) atoms. The maximum Gasteiger partial charge on any atom is 0.123 e. The molecule has 0 saturated carbocycles. The predicted octanol–water partition coefficient (Wildman–Crippen LogP) is 2.68. The van der Waals surface area contributed by atoms with Crippen molar-refractivity contribution in [3.63, 3.8) is 0 Å². The summed E-state index contributed by atoms with van der Waals surface area (Å²) in [5.74, 6) is -0.219. The van der Waals surface area contributed by atoms with Crippen molar-refractivity contribution in [2.75, 3.05) is 6.54 Å². The van der Waals surface area contributed by atoms with Gasteiger partial charge in [-0.05, 0) is 36.1 Å². The van der Waals surface area contributed by atoms with Crippen molar-refractivity contribution < 1.29 is 4.39 Å². The Hall–Kier alpha value is -1.68. The topological polar surface area (TPSA) is 29.9 Å². The lowest BCUT2D eigenvalue weighted by Crippen LogP contribution is -2.28. The molecule has 0 radical (unpaired) electrons. The molecule has 0 amide bonds. The number of benzene rings is 1. The minimum atomic E-state index is -0.219. The average molecular weight is 259 g/mol. The molecule has 0 fully saturated rings. The predicted molar refractivity (Wildman–Crippen MR) is 72.7 cm³/mol. The van der Waals surface area contributed by atoms with Gasteiger partial charge in [0.2, 0.25) is 0 Å². The second-order valence-electron chi connectivity index (χ2n) is 5.95. The smallest absolute Gasteiger partial charge is 0.123 e. The van der Waals surface area contributed by atoms with Crippen LogP contribution in [0.15, 0.2) is 30.5 Å². The zero-order valence-electron chi connectivity index (χ0n) is 11.3. The number of fused-ring (bicyclic) bond motifs is 1. The Balaban J connectivity index is 2.05. The number of aromatic nitrogens is 2. The molecule has 0 spiro atoms. The number of nitrogens with one attached hydrogen (secondary N) is 1. The van der Waals surface area contributed by atoms with E-state index in [-0.39, 0.29) is 11.2 Å². The Kier molecular flexibility index (Phi) is 2.90. The summed E-state index contributed by atoms with van der Waals surface area (Å²) in [6.45, 7) is 6.33. The van der Waals surface area contributed by atoms with E-state index in [1.165, 1.54) is 23.4 Å². The number of hydrogen-bond donors (Lipinski definition) is 1. The van der Waals surface area contributed by atoms with Gasteiger partial charge in [0.05, 0.1) is 11.9 Å². The first-order chi connectivity index (χ1) is 9.05. The van der Waals surface area contributed by atoms with E-state index in [9.17, 15) is 4.39 Å². The maximum absolute atomic E-state index is 13.0. The van der Waals surface area contributed by atoms with Gasteiger partial charge in [-0.15, -0.1) is 0 Å². The molecule has 0 unspecified atom stereocenters. The van der Waals surface area contributed by atoms with E-state index < -0.39 is 0 Å². The molecule has 3 nitrogen and oxygen atoms in total. The second kappa shape index (κ2) is 4.46. The Morgan fingerprint density at radius 2 is 2.00 bits per heavy atom. The van der Waals surface area contributed by atoms with Crippen LogP contribution < -0.4 is 5.32 Å². The summed E-state index contributed by atoms with van der Waals surface area (Å²) in [4.78, 5) is 0. The van der Waals surface area contributed by atoms with Crippen LogP contribution in [-0.2, 0) is 13.0 Å². The van der Waals surface area contributed by atoms with Crippen LogP contribution in [0.1, 0.15) is 25.1 Å². The molecule has 0 saturated heterocycles. The maximum atomic E-state index is 13.0. The van der Waals surface area contributed by atoms with E-state index >= 15 is 0 Å². The van der Waals surface area contributed by atoms with E-state index in [2.05, 4.69) is 24.3 Å². The summed E-state index contributed by atoms with van der Waals surface area (Å²) in [5.41, 5.74) is 3.57. The molecule has 0 bridgehead atoms. The minimum absolute atomic E-state index is 0.197. The number of nitrogens with zero attached hydrogens (tertiary/aromatic N) is 2. The van der Waals surface area contributed by atoms with E-state index in [1.54, 1.807) is 12.1 Å². The molecule has 1 aliphatic heterocycles. The Morgan fingerprint density at radius 3 is 2.74 bits per heavy atom. The fourth-order valence-electron chi connectivity index (χ4n) is 2.60. The van der Waals surface area contributed by atoms with Crippen molar-refractivity contribution >= 4 is 0 Å². The van der Waals surface area contributed by atoms with Crippen molar-refractivity contribution in [3.05, 3.63) is 47.5 Å². The van der Waals surface area contributed by atoms with Crippen LogP contribution >= 0.6 is 0 Å². The summed E-state index contributed by atoms with van der Waals surface area (Å²) in [6.07, 6.45) is 2.87. The van der Waals surface area contributed by atoms with Crippen LogP contribution in [0.4, 0.5) is 4.39 Å². The third-order valence-corrected chi connectivity index (χ3v) is 3.59. The van der Waals surface area contributed by atoms with Crippen LogP contribution in [0, 0.1) is 11.2 Å². The molecule has 0 atom stereocenters. The van der Waals surface area contributed by atoms with Gasteiger partial charge in [0, 0.05) is 24.3 Å². The second-order valence-corrected chi connectivity index (χ2v) is 5.95. The summed E-state index contributed by atoms with van der Waals surface area (Å²) in [6, 6.07) is 6.49. The molecule has 4 heteroatoms. The molecule has 1 aromatic heterocycles. The van der Waals surface area contributed by atoms with E-state index in [0.29, 0.717) is 0 Å². The standard InChI is InChI=1S/C15H18FN3/c1-15(2)7-14-11(8-17-10-15)9-18-19(14)13-5-3-12(16)4-6-13/h3-6,9,17H,7-8,10H2,1-2H3. The number of halogens is 1. The first kappa shape index (κ1) is 12.4. The lowest BCUT2D eigenvalue weighted by atomic mass is 9.88. The highest BCUT2D eigenvalue weighted by atomic mass is 19.1. The third kappa shape index (κ3) is 2.40. The van der Waals surface area contributed by atoms with Crippen molar-refractivity contribution in [2.24, 2.45) is 5.41 Å². The van der Waals surface area contributed by atoms with Crippen molar-refractivity contribution in [3.8, 4) is 5.69 Å². The Morgan fingerprint density at radius 1 is 1.26 bits per heavy atom. The van der Waals surface area contributed by atoms with Crippen LogP contribution in [0.3, 0.4) is 0 Å². The highest BCUT2D eigenvalue weighted by Crippen LogP contribution is 2.27. The van der Waals surface area contributed by atoms with Crippen molar-refractivity contribution in [2.45, 2.75) is 26.8 Å². The summed E-state index contributed by atoms with van der Waals surface area (Å²) >= 11 is 0. The number of rotatable bonds is 1. The molecular formula is C15H18FN3. The zero-order chi connectivity index (χ0) is 13.5. The van der Waals surface area contributed by atoms with Gasteiger partial charge in [0.25, 0.3) is 0 Å². The normalized spacial score (nSPS) is 17.8. The first-order valence-electron chi connectivity index (χ1n) is 6.58. The third-order valence-electron chi connectivity index (χ3n) is 3.59. The van der Waals surface area contributed by atoms with E-state index in [1.807, 2.05) is 10.9 Å². The summed E-state index contributed by atoms with van der Waals surface area (Å²) in [5, 5.41) is 7.91. The van der Waals surface area contributed by atoms with Crippen LogP contribution in [0.2, 0.25) is 0 Å². The summed E-state index contributed by atoms with van der Waals surface area (Å²) in [7, 11) is 0. The SMILES string of the molecule is CC1(C)CNCc2cnn(-c3ccc(F)cc3)c2C1. The monoisotopic (exact) mass is 259 g/mol. The van der Waals surface area contributed by atoms with Gasteiger partial charge in [0.1, 0.15) is 5.82 Å². The van der Waals surface area contributed by atoms with Gasteiger partial charge in [-0.3, -0.25) is 0 Å². The highest BCUT2D eigenvalue weighted by Gasteiger charge is 2.26. The lowest BCUT2D eigenvalue weighted by Gasteiger charge is -2.22. The molecule has 100 valence electrons. The minimum Gasteiger partial charge on any atom is -0.312 e. The average Bonchev–Trinajstić information content (AvgIpc) is 2.66. The number of hydrogen-bond acceptors (Lipinski definition) is 2. The largest absolute Gasteiger partial charge is 0.312 e. The van der Waals surface area contributed by atoms with Gasteiger partial charge in [-0.25, -0.2) is 9.07 Å². The fourth-order valence-corrected chi connectivity index (χ4v) is 2.60. The molecule has 1 aliphatic rings. The molecule has 2 heterocycles. The quantitative estimate of drug-likeness (QED) is 0.853. The van der Waals surface area contributed by atoms with E-state index in [4.69, 9.17) is 0 Å². The van der Waals surface area contributed by atoms with Crippen molar-refractivity contribution in [1.82, 2.24) is 15.1 Å². The van der Waals surface area contributed by atoms with Crippen LogP contribution in [0.25, 0.3) is 5.69 Å². The zero-order valence-corrected chi connectivity index (χ0v) is 11.3. The lowest BCUT2D eigenvalue weighted by molar-refractivity contribution is 0.343. The molecule has 2 aromatic rings. The van der Waals surface area contributed by atoms with Gasteiger partial charge < -0.3 is 5.32 Å². The molecule has 3 rings (SSSR count). The van der Waals surface area contributed by atoms with Gasteiger partial charge in [-0.2, -0.15) is 5.10 Å². The molecule has 0 aliphatic carbocycles. The van der Waals surface area contributed by atoms with Gasteiger partial charge in [-0.1, -0.05) is 13.8 Å². The summed E-state index contributed by atoms with van der Waals surface area (Å²) < 4.78 is 14.9. The first-order valence-corrected chi connectivity index (χ1v) is 6.58. The van der Waals surface area contributed by atoms with Gasteiger partial charge >= 0.3 is 0 Å². The highest BCUT2D eigenvalue weighted by molar-refractivity contribution is 5.36. The van der Waals surface area contributed by atoms with Gasteiger partial charge in [0.15, 0.2) is 0 Å². The molecule has 1 aromatic carbocycles. The molecule has 1 N–H and O–H groups in total. The fraction of sp³-hybridized carbons (Fsp3) is 0.400. The Bertz CT molecular complexity index is 584. The van der Waals surface area contributed by atoms with E-state index in [0.717, 1.165) is 25.2 Å². The van der Waals surface area contributed by atoms with Crippen molar-refractivity contribution in [1.29, 1.82) is 0 Å².